The fourth-order valence-electron chi connectivity index (χ4n) is 2.07. The average molecular weight is 269 g/mol. The van der Waals surface area contributed by atoms with E-state index in [9.17, 15) is 4.79 Å². The highest BCUT2D eigenvalue weighted by atomic mass is 35.5. The molecule has 0 saturated carbocycles. The monoisotopic (exact) mass is 268 g/mol. The first-order valence-electron chi connectivity index (χ1n) is 5.86. The molecule has 2 rings (SSSR count). The highest BCUT2D eigenvalue weighted by Crippen LogP contribution is 2.24. The van der Waals surface area contributed by atoms with Crippen molar-refractivity contribution in [2.45, 2.75) is 19.4 Å². The Labute approximate surface area is 112 Å². The highest BCUT2D eigenvalue weighted by Gasteiger charge is 2.34. The van der Waals surface area contributed by atoms with Gasteiger partial charge in [-0.3, -0.25) is 4.79 Å². The molecule has 0 spiro atoms. The van der Waals surface area contributed by atoms with Crippen LogP contribution < -0.4 is 5.73 Å². The minimum absolute atomic E-state index is 0.0355. The van der Waals surface area contributed by atoms with Gasteiger partial charge in [-0.2, -0.15) is 0 Å². The number of nitrogens with two attached hydrogens (primary N) is 1. The van der Waals surface area contributed by atoms with Gasteiger partial charge in [-0.05, 0) is 32.0 Å². The highest BCUT2D eigenvalue weighted by molar-refractivity contribution is 6.33. The molecule has 4 nitrogen and oxygen atoms in total. The van der Waals surface area contributed by atoms with Crippen LogP contribution in [0.1, 0.15) is 24.2 Å². The molecule has 2 N–H and O–H groups in total. The van der Waals surface area contributed by atoms with Gasteiger partial charge < -0.3 is 15.4 Å². The van der Waals surface area contributed by atoms with Crippen molar-refractivity contribution in [1.29, 1.82) is 0 Å². The summed E-state index contributed by atoms with van der Waals surface area (Å²) in [4.78, 5) is 14.3. The number of carbonyl (C=O) groups excluding carboxylic acids is 1. The number of hydrogen-bond donors (Lipinski definition) is 1. The standard InChI is InChI=1S/C13H17ClN2O2/c1-13(2)8-18-6-5-16(13)12(17)9-3-4-10(14)11(15)7-9/h3-4,7H,5-6,8,15H2,1-2H3. The van der Waals surface area contributed by atoms with Gasteiger partial charge in [-0.15, -0.1) is 0 Å². The number of carbonyl (C=O) groups is 1. The fourth-order valence-corrected chi connectivity index (χ4v) is 2.18. The lowest BCUT2D eigenvalue weighted by atomic mass is 10.0. The molecule has 1 aliphatic rings. The number of benzene rings is 1. The maximum absolute atomic E-state index is 12.5. The molecule has 1 aromatic rings. The maximum atomic E-state index is 12.5. The predicted octanol–water partition coefficient (Wildman–Crippen LogP) is 2.17. The van der Waals surface area contributed by atoms with E-state index in [4.69, 9.17) is 22.1 Å². The number of morpholine rings is 1. The zero-order chi connectivity index (χ0) is 13.3. The van der Waals surface area contributed by atoms with Gasteiger partial charge in [0.2, 0.25) is 0 Å². The molecule has 0 aromatic heterocycles. The fraction of sp³-hybridized carbons (Fsp3) is 0.462. The van der Waals surface area contributed by atoms with E-state index in [1.165, 1.54) is 0 Å². The van der Waals surface area contributed by atoms with Crippen molar-refractivity contribution >= 4 is 23.2 Å². The quantitative estimate of drug-likeness (QED) is 0.794. The Bertz CT molecular complexity index is 474. The van der Waals surface area contributed by atoms with Crippen molar-refractivity contribution in [1.82, 2.24) is 4.90 Å². The van der Waals surface area contributed by atoms with Crippen LogP contribution in [0.2, 0.25) is 5.02 Å². The summed E-state index contributed by atoms with van der Waals surface area (Å²) in [6.45, 7) is 5.68. The van der Waals surface area contributed by atoms with E-state index in [1.807, 2.05) is 18.7 Å². The van der Waals surface area contributed by atoms with Crippen LogP contribution >= 0.6 is 11.6 Å². The van der Waals surface area contributed by atoms with Crippen LogP contribution in [0.25, 0.3) is 0 Å². The summed E-state index contributed by atoms with van der Waals surface area (Å²) in [7, 11) is 0. The molecule has 18 heavy (non-hydrogen) atoms. The lowest BCUT2D eigenvalue weighted by Gasteiger charge is -2.42. The molecular weight excluding hydrogens is 252 g/mol. The normalized spacial score (nSPS) is 18.7. The van der Waals surface area contributed by atoms with Crippen molar-refractivity contribution in [3.05, 3.63) is 28.8 Å². The van der Waals surface area contributed by atoms with Crippen LogP contribution in [0.5, 0.6) is 0 Å². The van der Waals surface area contributed by atoms with Crippen molar-refractivity contribution in [2.75, 3.05) is 25.5 Å². The number of hydrogen-bond acceptors (Lipinski definition) is 3. The summed E-state index contributed by atoms with van der Waals surface area (Å²) in [6.07, 6.45) is 0. The molecule has 1 aliphatic heterocycles. The van der Waals surface area contributed by atoms with Gasteiger partial charge >= 0.3 is 0 Å². The number of ether oxygens (including phenoxy) is 1. The van der Waals surface area contributed by atoms with Gasteiger partial charge in [0, 0.05) is 12.1 Å². The third kappa shape index (κ3) is 2.44. The van der Waals surface area contributed by atoms with E-state index < -0.39 is 0 Å². The minimum atomic E-state index is -0.302. The third-order valence-corrected chi connectivity index (χ3v) is 3.48. The van der Waals surface area contributed by atoms with Crippen LogP contribution in [0.3, 0.4) is 0 Å². The van der Waals surface area contributed by atoms with Crippen molar-refractivity contribution in [3.63, 3.8) is 0 Å². The molecule has 0 unspecified atom stereocenters. The lowest BCUT2D eigenvalue weighted by molar-refractivity contribution is -0.0370. The van der Waals surface area contributed by atoms with E-state index in [0.717, 1.165) is 0 Å². The molecule has 1 amide bonds. The zero-order valence-electron chi connectivity index (χ0n) is 10.6. The number of halogens is 1. The zero-order valence-corrected chi connectivity index (χ0v) is 11.3. The summed E-state index contributed by atoms with van der Waals surface area (Å²) in [5, 5.41) is 0.466. The van der Waals surface area contributed by atoms with E-state index in [-0.39, 0.29) is 11.4 Å². The van der Waals surface area contributed by atoms with E-state index >= 15 is 0 Å². The van der Waals surface area contributed by atoms with Crippen molar-refractivity contribution in [2.24, 2.45) is 0 Å². The Morgan fingerprint density at radius 2 is 2.22 bits per heavy atom. The van der Waals surface area contributed by atoms with Crippen LogP contribution in [0, 0.1) is 0 Å². The molecule has 1 saturated heterocycles. The number of anilines is 1. The van der Waals surface area contributed by atoms with Gasteiger partial charge in [0.05, 0.1) is 29.5 Å². The Morgan fingerprint density at radius 3 is 2.83 bits per heavy atom. The summed E-state index contributed by atoms with van der Waals surface area (Å²) in [6, 6.07) is 4.97. The molecule has 0 radical (unpaired) electrons. The van der Waals surface area contributed by atoms with Crippen LogP contribution in [-0.4, -0.2) is 36.1 Å². The van der Waals surface area contributed by atoms with Crippen LogP contribution in [0.4, 0.5) is 5.69 Å². The van der Waals surface area contributed by atoms with Gasteiger partial charge in [0.15, 0.2) is 0 Å². The summed E-state index contributed by atoms with van der Waals surface area (Å²) < 4.78 is 5.40. The second kappa shape index (κ2) is 4.78. The number of nitrogen functional groups attached to an aromatic ring is 1. The molecule has 1 heterocycles. The number of amides is 1. The topological polar surface area (TPSA) is 55.6 Å². The Kier molecular flexibility index (Phi) is 3.50. The first kappa shape index (κ1) is 13.2. The predicted molar refractivity (Wildman–Crippen MR) is 71.8 cm³/mol. The van der Waals surface area contributed by atoms with Crippen LogP contribution in [0.15, 0.2) is 18.2 Å². The molecule has 1 fully saturated rings. The summed E-state index contributed by atoms with van der Waals surface area (Å²) in [5.41, 5.74) is 6.41. The molecule has 5 heteroatoms. The van der Waals surface area contributed by atoms with Crippen LogP contribution in [-0.2, 0) is 4.74 Å². The first-order chi connectivity index (χ1) is 8.42. The molecular formula is C13H17ClN2O2. The summed E-state index contributed by atoms with van der Waals surface area (Å²) >= 11 is 5.86. The van der Waals surface area contributed by atoms with Gasteiger partial charge in [-0.1, -0.05) is 11.6 Å². The van der Waals surface area contributed by atoms with E-state index in [0.29, 0.717) is 36.0 Å². The minimum Gasteiger partial charge on any atom is -0.398 e. The Balaban J connectivity index is 2.27. The smallest absolute Gasteiger partial charge is 0.254 e. The van der Waals surface area contributed by atoms with Crippen molar-refractivity contribution in [3.8, 4) is 0 Å². The number of rotatable bonds is 1. The SMILES string of the molecule is CC1(C)COCCN1C(=O)c1ccc(Cl)c(N)c1. The first-order valence-corrected chi connectivity index (χ1v) is 6.24. The van der Waals surface area contributed by atoms with Gasteiger partial charge in [0.1, 0.15) is 0 Å². The average Bonchev–Trinajstić information content (AvgIpc) is 2.31. The largest absolute Gasteiger partial charge is 0.398 e. The van der Waals surface area contributed by atoms with E-state index in [1.54, 1.807) is 18.2 Å². The van der Waals surface area contributed by atoms with Gasteiger partial charge in [-0.25, -0.2) is 0 Å². The Hall–Kier alpha value is -1.26. The van der Waals surface area contributed by atoms with Gasteiger partial charge in [0.25, 0.3) is 5.91 Å². The molecule has 0 aliphatic carbocycles. The summed E-state index contributed by atoms with van der Waals surface area (Å²) in [5.74, 6) is -0.0355. The second-order valence-electron chi connectivity index (χ2n) is 5.06. The molecule has 0 atom stereocenters. The third-order valence-electron chi connectivity index (χ3n) is 3.13. The second-order valence-corrected chi connectivity index (χ2v) is 5.47. The maximum Gasteiger partial charge on any atom is 0.254 e. The Morgan fingerprint density at radius 1 is 1.50 bits per heavy atom. The molecule has 98 valence electrons. The lowest BCUT2D eigenvalue weighted by Crippen LogP contribution is -2.55. The number of nitrogens with zero attached hydrogens (tertiary/aromatic N) is 1. The molecule has 1 aromatic carbocycles. The van der Waals surface area contributed by atoms with E-state index in [2.05, 4.69) is 0 Å². The van der Waals surface area contributed by atoms with Crippen molar-refractivity contribution < 1.29 is 9.53 Å². The molecule has 0 bridgehead atoms.